The monoisotopic (exact) mass is 304 g/mol. The van der Waals surface area contributed by atoms with Crippen molar-refractivity contribution in [1.29, 1.82) is 0 Å². The summed E-state index contributed by atoms with van der Waals surface area (Å²) in [5.41, 5.74) is 1.96. The Bertz CT molecular complexity index is 571. The highest BCUT2D eigenvalue weighted by Gasteiger charge is 2.14. The van der Waals surface area contributed by atoms with Crippen LogP contribution in [0.1, 0.15) is 26.3 Å². The number of hydrogen-bond donors (Lipinski definition) is 0. The van der Waals surface area contributed by atoms with Gasteiger partial charge in [0.25, 0.3) is 0 Å². The fourth-order valence-electron chi connectivity index (χ4n) is 1.65. The van der Waals surface area contributed by atoms with Gasteiger partial charge < -0.3 is 4.74 Å². The van der Waals surface area contributed by atoms with Crippen LogP contribution in [-0.2, 0) is 16.1 Å². The van der Waals surface area contributed by atoms with Crippen molar-refractivity contribution in [1.82, 2.24) is 9.78 Å². The van der Waals surface area contributed by atoms with E-state index in [4.69, 9.17) is 4.74 Å². The Morgan fingerprint density at radius 1 is 1.29 bits per heavy atom. The molecule has 1 aromatic carbocycles. The average Bonchev–Trinajstić information content (AvgIpc) is 2.97. The van der Waals surface area contributed by atoms with Crippen molar-refractivity contribution in [2.75, 3.05) is 5.75 Å². The number of nitrogens with zero attached hydrogens (tertiary/aromatic N) is 2. The molecule has 0 amide bonds. The number of esters is 1. The summed E-state index contributed by atoms with van der Waals surface area (Å²) in [6.07, 6.45) is 3.63. The van der Waals surface area contributed by atoms with Crippen LogP contribution in [0.15, 0.2) is 42.7 Å². The fourth-order valence-corrected chi connectivity index (χ4v) is 2.28. The number of carbonyl (C=O) groups excluding carboxylic acids is 1. The predicted molar refractivity (Wildman–Crippen MR) is 85.6 cm³/mol. The van der Waals surface area contributed by atoms with Gasteiger partial charge in [0, 0.05) is 17.1 Å². The van der Waals surface area contributed by atoms with E-state index in [1.54, 1.807) is 22.6 Å². The van der Waals surface area contributed by atoms with Gasteiger partial charge >= 0.3 is 5.97 Å². The van der Waals surface area contributed by atoms with Crippen molar-refractivity contribution in [3.05, 3.63) is 48.3 Å². The molecule has 2 rings (SSSR count). The molecule has 21 heavy (non-hydrogen) atoms. The molecular formula is C16H20N2O2S. The van der Waals surface area contributed by atoms with Gasteiger partial charge in [-0.15, -0.1) is 11.8 Å². The van der Waals surface area contributed by atoms with Crippen LogP contribution in [0.25, 0.3) is 5.69 Å². The van der Waals surface area contributed by atoms with Crippen molar-refractivity contribution >= 4 is 17.7 Å². The Kier molecular flexibility index (Phi) is 5.07. The molecule has 0 fully saturated rings. The second kappa shape index (κ2) is 6.80. The maximum atomic E-state index is 11.7. The minimum atomic E-state index is -0.175. The van der Waals surface area contributed by atoms with E-state index >= 15 is 0 Å². The SMILES string of the molecule is CC(C)(C)SCC(=O)OCc1ccc(-n2cccn2)cc1. The number of thioether (sulfide) groups is 1. The fraction of sp³-hybridized carbons (Fsp3) is 0.375. The highest BCUT2D eigenvalue weighted by molar-refractivity contribution is 8.01. The van der Waals surface area contributed by atoms with Crippen molar-refractivity contribution in [2.45, 2.75) is 32.1 Å². The lowest BCUT2D eigenvalue weighted by Gasteiger charge is -2.16. The van der Waals surface area contributed by atoms with Gasteiger partial charge in [-0.25, -0.2) is 4.68 Å². The minimum absolute atomic E-state index is 0.0738. The van der Waals surface area contributed by atoms with Gasteiger partial charge in [-0.1, -0.05) is 32.9 Å². The first-order valence-electron chi connectivity index (χ1n) is 6.82. The van der Waals surface area contributed by atoms with Gasteiger partial charge in [-0.05, 0) is 23.8 Å². The molecule has 0 unspecified atom stereocenters. The highest BCUT2D eigenvalue weighted by atomic mass is 32.2. The third kappa shape index (κ3) is 5.27. The molecule has 0 saturated heterocycles. The third-order valence-corrected chi connectivity index (χ3v) is 3.97. The van der Waals surface area contributed by atoms with E-state index < -0.39 is 0 Å². The van der Waals surface area contributed by atoms with Crippen LogP contribution in [-0.4, -0.2) is 26.2 Å². The van der Waals surface area contributed by atoms with Gasteiger partial charge in [0.15, 0.2) is 0 Å². The Labute approximate surface area is 129 Å². The largest absolute Gasteiger partial charge is 0.460 e. The highest BCUT2D eigenvalue weighted by Crippen LogP contribution is 2.23. The van der Waals surface area contributed by atoms with Crippen LogP contribution in [0.3, 0.4) is 0 Å². The van der Waals surface area contributed by atoms with E-state index in [-0.39, 0.29) is 10.7 Å². The molecule has 0 aliphatic heterocycles. The maximum Gasteiger partial charge on any atom is 0.316 e. The molecule has 2 aromatic rings. The Hall–Kier alpha value is -1.75. The minimum Gasteiger partial charge on any atom is -0.460 e. The number of ether oxygens (including phenoxy) is 1. The van der Waals surface area contributed by atoms with Gasteiger partial charge in [0.05, 0.1) is 11.4 Å². The summed E-state index contributed by atoms with van der Waals surface area (Å²) in [5.74, 6) is 0.209. The van der Waals surface area contributed by atoms with E-state index in [1.807, 2.05) is 36.5 Å². The maximum absolute atomic E-state index is 11.7. The van der Waals surface area contributed by atoms with Crippen LogP contribution >= 0.6 is 11.8 Å². The smallest absolute Gasteiger partial charge is 0.316 e. The molecule has 1 aromatic heterocycles. The van der Waals surface area contributed by atoms with Crippen molar-refractivity contribution in [3.63, 3.8) is 0 Å². The number of hydrogen-bond acceptors (Lipinski definition) is 4. The molecule has 0 N–H and O–H groups in total. The summed E-state index contributed by atoms with van der Waals surface area (Å²) in [6.45, 7) is 6.56. The normalized spacial score (nSPS) is 11.4. The molecule has 5 heteroatoms. The molecule has 0 atom stereocenters. The van der Waals surface area contributed by atoms with Crippen LogP contribution < -0.4 is 0 Å². The zero-order valence-electron chi connectivity index (χ0n) is 12.6. The Balaban J connectivity index is 1.82. The van der Waals surface area contributed by atoms with Gasteiger partial charge in [0.1, 0.15) is 6.61 Å². The average molecular weight is 304 g/mol. The van der Waals surface area contributed by atoms with E-state index in [1.165, 1.54) is 0 Å². The molecule has 112 valence electrons. The second-order valence-electron chi connectivity index (χ2n) is 5.68. The van der Waals surface area contributed by atoms with Gasteiger partial charge in [0.2, 0.25) is 0 Å². The first-order chi connectivity index (χ1) is 9.94. The second-order valence-corrected chi connectivity index (χ2v) is 7.48. The lowest BCUT2D eigenvalue weighted by molar-refractivity contribution is -0.141. The third-order valence-electron chi connectivity index (χ3n) is 2.73. The molecule has 0 spiro atoms. The molecular weight excluding hydrogens is 284 g/mol. The number of benzene rings is 1. The molecule has 0 aliphatic carbocycles. The van der Waals surface area contributed by atoms with Gasteiger partial charge in [-0.2, -0.15) is 5.10 Å². The topological polar surface area (TPSA) is 44.1 Å². The van der Waals surface area contributed by atoms with Crippen LogP contribution in [0, 0.1) is 0 Å². The van der Waals surface area contributed by atoms with Crippen molar-refractivity contribution < 1.29 is 9.53 Å². The summed E-state index contributed by atoms with van der Waals surface area (Å²) in [7, 11) is 0. The van der Waals surface area contributed by atoms with Crippen LogP contribution in [0.2, 0.25) is 0 Å². The first-order valence-corrected chi connectivity index (χ1v) is 7.81. The van der Waals surface area contributed by atoms with Gasteiger partial charge in [-0.3, -0.25) is 4.79 Å². The standard InChI is InChI=1S/C16H20N2O2S/c1-16(2,3)21-12-15(19)20-11-13-5-7-14(8-6-13)18-10-4-9-17-18/h4-10H,11-12H2,1-3H3. The van der Waals surface area contributed by atoms with Crippen molar-refractivity contribution in [2.24, 2.45) is 0 Å². The quantitative estimate of drug-likeness (QED) is 0.794. The molecule has 0 aliphatic rings. The first kappa shape index (κ1) is 15.6. The lowest BCUT2D eigenvalue weighted by atomic mass is 10.2. The number of rotatable bonds is 5. The van der Waals surface area contributed by atoms with Crippen molar-refractivity contribution in [3.8, 4) is 5.69 Å². The molecule has 4 nitrogen and oxygen atoms in total. The zero-order chi connectivity index (χ0) is 15.3. The zero-order valence-corrected chi connectivity index (χ0v) is 13.4. The summed E-state index contributed by atoms with van der Waals surface area (Å²) in [4.78, 5) is 11.7. The Morgan fingerprint density at radius 2 is 2.00 bits per heavy atom. The Morgan fingerprint density at radius 3 is 2.57 bits per heavy atom. The predicted octanol–water partition coefficient (Wildman–Crippen LogP) is 3.45. The number of aromatic nitrogens is 2. The lowest BCUT2D eigenvalue weighted by Crippen LogP contribution is -2.14. The summed E-state index contributed by atoms with van der Waals surface area (Å²) < 4.78 is 7.13. The summed E-state index contributed by atoms with van der Waals surface area (Å²) in [6, 6.07) is 9.69. The van der Waals surface area contributed by atoms with Crippen LogP contribution in [0.4, 0.5) is 0 Å². The number of carbonyl (C=O) groups is 1. The molecule has 1 heterocycles. The van der Waals surface area contributed by atoms with E-state index in [9.17, 15) is 4.79 Å². The summed E-state index contributed by atoms with van der Waals surface area (Å²) >= 11 is 1.59. The molecule has 0 radical (unpaired) electrons. The summed E-state index contributed by atoms with van der Waals surface area (Å²) in [5, 5.41) is 4.17. The van der Waals surface area contributed by atoms with E-state index in [2.05, 4.69) is 25.9 Å². The van der Waals surface area contributed by atoms with E-state index in [0.29, 0.717) is 12.4 Å². The molecule has 0 bridgehead atoms. The van der Waals surface area contributed by atoms with Crippen LogP contribution in [0.5, 0.6) is 0 Å². The van der Waals surface area contributed by atoms with E-state index in [0.717, 1.165) is 11.3 Å². The molecule has 0 saturated carbocycles.